The fraction of sp³-hybridized carbons (Fsp3) is 0.138. The van der Waals surface area contributed by atoms with Crippen LogP contribution in [0.1, 0.15) is 11.1 Å². The lowest BCUT2D eigenvalue weighted by Gasteiger charge is -2.51. The van der Waals surface area contributed by atoms with E-state index in [0.29, 0.717) is 0 Å². The Hall–Kier alpha value is -4.14. The largest absolute Gasteiger partial charge is 0.353 e. The van der Waals surface area contributed by atoms with Crippen LogP contribution in [0.25, 0.3) is 16.6 Å². The van der Waals surface area contributed by atoms with Gasteiger partial charge in [-0.1, -0.05) is 96.5 Å². The maximum absolute atomic E-state index is 10.7. The lowest BCUT2D eigenvalue weighted by Crippen LogP contribution is -2.56. The van der Waals surface area contributed by atoms with Crippen LogP contribution in [0.5, 0.6) is 0 Å². The molecule has 5 nitrogen and oxygen atoms in total. The van der Waals surface area contributed by atoms with E-state index in [2.05, 4.69) is 35.2 Å². The van der Waals surface area contributed by atoms with Gasteiger partial charge in [-0.25, -0.2) is 0 Å². The Balaban J connectivity index is 1.65. The van der Waals surface area contributed by atoms with Crippen molar-refractivity contribution in [1.82, 2.24) is 0 Å². The lowest BCUT2D eigenvalue weighted by molar-refractivity contribution is -0.457. The summed E-state index contributed by atoms with van der Waals surface area (Å²) in [6.45, 7) is 0.271. The molecule has 4 aromatic rings. The minimum Gasteiger partial charge on any atom is -0.353 e. The molecule has 1 fully saturated rings. The summed E-state index contributed by atoms with van der Waals surface area (Å²) in [7, 11) is 0. The second kappa shape index (κ2) is 6.94. The molecule has 3 aliphatic rings. The molecular weight excluding hydrogens is 454 g/mol. The number of alkyl halides is 1. The van der Waals surface area contributed by atoms with Gasteiger partial charge in [-0.2, -0.15) is 15.8 Å². The van der Waals surface area contributed by atoms with Crippen molar-refractivity contribution in [2.75, 3.05) is 11.4 Å². The van der Waals surface area contributed by atoms with Crippen LogP contribution in [0.3, 0.4) is 0 Å². The van der Waals surface area contributed by atoms with Crippen molar-refractivity contribution >= 4 is 23.0 Å². The van der Waals surface area contributed by atoms with Crippen LogP contribution in [-0.4, -0.2) is 16.2 Å². The van der Waals surface area contributed by atoms with E-state index in [9.17, 15) is 5.26 Å². The smallest absolute Gasteiger partial charge is 0.225 e. The number of hydrogen-bond acceptors (Lipinski definition) is 3. The third-order valence-corrected chi connectivity index (χ3v) is 7.95. The molecule has 35 heavy (non-hydrogen) atoms. The summed E-state index contributed by atoms with van der Waals surface area (Å²) in [5.74, 6) is 0. The van der Waals surface area contributed by atoms with E-state index in [1.165, 1.54) is 0 Å². The number of para-hydroxylation sites is 2. The number of fused-ring (bicyclic) bond motifs is 3. The van der Waals surface area contributed by atoms with Gasteiger partial charge in [0.2, 0.25) is 5.69 Å². The summed E-state index contributed by atoms with van der Waals surface area (Å²) in [6.07, 6.45) is 0. The molecule has 0 amide bonds. The Bertz CT molecular complexity index is 1550. The minimum absolute atomic E-state index is 0.271. The molecule has 0 spiro atoms. The van der Waals surface area contributed by atoms with Crippen molar-refractivity contribution in [3.63, 3.8) is 0 Å². The predicted molar refractivity (Wildman–Crippen MR) is 135 cm³/mol. The van der Waals surface area contributed by atoms with Crippen molar-refractivity contribution in [2.45, 2.75) is 16.1 Å². The molecule has 0 aromatic heterocycles. The third kappa shape index (κ3) is 2.32. The Kier molecular flexibility index (Phi) is 4.02. The average molecular weight is 474 g/mol. The number of nitrogens with zero attached hydrogens (tertiary/aromatic N) is 5. The maximum atomic E-state index is 10.7. The van der Waals surface area contributed by atoms with Crippen LogP contribution in [0.2, 0.25) is 0 Å². The zero-order valence-corrected chi connectivity index (χ0v) is 19.5. The van der Waals surface area contributed by atoms with Crippen molar-refractivity contribution in [2.24, 2.45) is 5.11 Å². The summed E-state index contributed by atoms with van der Waals surface area (Å²) in [4.78, 5) is 2.48. The second-order valence-electron chi connectivity index (χ2n) is 9.13. The van der Waals surface area contributed by atoms with E-state index in [1.54, 1.807) is 4.81 Å². The van der Waals surface area contributed by atoms with Crippen molar-refractivity contribution in [1.29, 1.82) is 5.26 Å². The highest BCUT2D eigenvalue weighted by Crippen LogP contribution is 2.71. The molecule has 0 unspecified atom stereocenters. The number of halogens is 1. The molecule has 7 rings (SSSR count). The van der Waals surface area contributed by atoms with Gasteiger partial charge < -0.3 is 4.90 Å². The zero-order chi connectivity index (χ0) is 23.7. The van der Waals surface area contributed by atoms with Crippen LogP contribution in [-0.2, 0) is 11.2 Å². The molecule has 0 radical (unpaired) electrons. The van der Waals surface area contributed by atoms with Crippen LogP contribution in [0.4, 0.5) is 11.4 Å². The highest BCUT2D eigenvalue weighted by atomic mass is 35.5. The van der Waals surface area contributed by atoms with E-state index in [-0.39, 0.29) is 6.54 Å². The third-order valence-electron chi connectivity index (χ3n) is 7.47. The van der Waals surface area contributed by atoms with Gasteiger partial charge in [0.15, 0.2) is 4.87 Å². The number of rotatable bonds is 2. The van der Waals surface area contributed by atoms with Gasteiger partial charge in [-0.3, -0.25) is 0 Å². The molecule has 168 valence electrons. The Labute approximate surface area is 208 Å². The highest BCUT2D eigenvalue weighted by Gasteiger charge is 2.77. The van der Waals surface area contributed by atoms with E-state index in [1.807, 2.05) is 84.9 Å². The molecule has 1 aliphatic carbocycles. The summed E-state index contributed by atoms with van der Waals surface area (Å²) < 4.78 is 0. The van der Waals surface area contributed by atoms with Gasteiger partial charge in [0.25, 0.3) is 0 Å². The molecule has 3 atom stereocenters. The number of benzene rings is 4. The van der Waals surface area contributed by atoms with E-state index in [4.69, 9.17) is 22.1 Å². The number of azo groups is 1. The first-order valence-electron chi connectivity index (χ1n) is 11.6. The first kappa shape index (κ1) is 20.3. The van der Waals surface area contributed by atoms with E-state index < -0.39 is 16.1 Å². The maximum Gasteiger partial charge on any atom is 0.225 e. The molecule has 0 saturated carbocycles. The normalized spacial score (nSPS) is 27.5. The van der Waals surface area contributed by atoms with Crippen LogP contribution >= 0.6 is 11.6 Å². The first-order chi connectivity index (χ1) is 17.1. The zero-order valence-electron chi connectivity index (χ0n) is 18.7. The summed E-state index contributed by atoms with van der Waals surface area (Å²) in [5.41, 5.74) is 8.91. The molecule has 2 heterocycles. The van der Waals surface area contributed by atoms with Gasteiger partial charge in [0.1, 0.15) is 11.2 Å². The minimum atomic E-state index is -1.38. The Morgan fingerprint density at radius 1 is 0.800 bits per heavy atom. The average Bonchev–Trinajstić information content (AvgIpc) is 3.42. The van der Waals surface area contributed by atoms with Crippen LogP contribution in [0, 0.1) is 11.3 Å². The standard InChI is InChI=1S/C29H20ClN5/c30-27(19-31)20-34(21-11-3-1-4-12-21)29-26-18-10-8-16-24(26)23-15-7-9-17-25(23)28(27,29)32-35(33-29)22-13-5-2-6-14-22/h1-18H,20H2/t27-,28-,29+/m0/s1. The van der Waals surface area contributed by atoms with Crippen LogP contribution in [0.15, 0.2) is 114 Å². The number of anilines is 1. The molecule has 6 heteroatoms. The quantitative estimate of drug-likeness (QED) is 0.236. The van der Waals surface area contributed by atoms with Crippen molar-refractivity contribution < 1.29 is 4.81 Å². The fourth-order valence-electron chi connectivity index (χ4n) is 6.08. The molecule has 0 bridgehead atoms. The van der Waals surface area contributed by atoms with Gasteiger partial charge in [0.05, 0.1) is 12.6 Å². The van der Waals surface area contributed by atoms with E-state index in [0.717, 1.165) is 33.6 Å². The van der Waals surface area contributed by atoms with Crippen molar-refractivity contribution in [3.8, 4) is 17.2 Å². The summed E-state index contributed by atoms with van der Waals surface area (Å²) >= 11 is 7.42. The summed E-state index contributed by atoms with van der Waals surface area (Å²) in [6, 6.07) is 38.8. The molecule has 0 N–H and O–H groups in total. The Morgan fingerprint density at radius 2 is 1.37 bits per heavy atom. The van der Waals surface area contributed by atoms with Gasteiger partial charge in [-0.15, -0.1) is 4.81 Å². The SMILES string of the molecule is N#C[C@]1(Cl)CN(c2ccccc2)[C@@]23[N-][N+](c4ccccc4)=N[C@]21c1ccccc1-c1ccccc13. The number of nitriles is 1. The molecule has 2 aliphatic heterocycles. The Morgan fingerprint density at radius 3 is 2.06 bits per heavy atom. The van der Waals surface area contributed by atoms with Gasteiger partial charge in [-0.05, 0) is 34.4 Å². The summed E-state index contributed by atoms with van der Waals surface area (Å²) in [5, 5.41) is 15.9. The highest BCUT2D eigenvalue weighted by molar-refractivity contribution is 6.28. The van der Waals surface area contributed by atoms with Gasteiger partial charge in [0, 0.05) is 17.8 Å². The second-order valence-corrected chi connectivity index (χ2v) is 9.78. The molecule has 1 saturated heterocycles. The molecular formula is C29H20ClN5. The fourth-order valence-corrected chi connectivity index (χ4v) is 6.47. The predicted octanol–water partition coefficient (Wildman–Crippen LogP) is 6.84. The monoisotopic (exact) mass is 473 g/mol. The van der Waals surface area contributed by atoms with Crippen LogP contribution < -0.4 is 4.90 Å². The molecule has 4 aromatic carbocycles. The first-order valence-corrected chi connectivity index (χ1v) is 12.0. The topological polar surface area (TPSA) is 56.5 Å². The lowest BCUT2D eigenvalue weighted by atomic mass is 9.63. The van der Waals surface area contributed by atoms with E-state index >= 15 is 0 Å². The van der Waals surface area contributed by atoms with Crippen molar-refractivity contribution in [3.05, 3.63) is 126 Å². The van der Waals surface area contributed by atoms with Gasteiger partial charge >= 0.3 is 0 Å². The number of hydrogen-bond donors (Lipinski definition) is 0.